The van der Waals surface area contributed by atoms with E-state index in [4.69, 9.17) is 0 Å². The lowest BCUT2D eigenvalue weighted by molar-refractivity contribution is -0.181. The number of hydrogen-bond donors (Lipinski definition) is 0. The van der Waals surface area contributed by atoms with Gasteiger partial charge in [0.1, 0.15) is 11.7 Å². The highest BCUT2D eigenvalue weighted by atomic mass is 19.4. The molecule has 0 heterocycles. The number of halogens is 3. The van der Waals surface area contributed by atoms with Gasteiger partial charge in [0, 0.05) is 6.42 Å². The Bertz CT molecular complexity index is 174. The van der Waals surface area contributed by atoms with E-state index in [0.717, 1.165) is 6.42 Å². The summed E-state index contributed by atoms with van der Waals surface area (Å²) in [5, 5.41) is 0. The minimum Gasteiger partial charge on any atom is -0.299 e. The summed E-state index contributed by atoms with van der Waals surface area (Å²) in [5.74, 6) is -2.31. The van der Waals surface area contributed by atoms with Gasteiger partial charge in [0.05, 0.1) is 0 Å². The number of rotatable bonds is 0. The molecule has 1 rings (SSSR count). The van der Waals surface area contributed by atoms with E-state index in [9.17, 15) is 18.0 Å². The normalized spacial score (nSPS) is 26.9. The molecule has 1 fully saturated rings. The Kier molecular flexibility index (Phi) is 2.75. The van der Waals surface area contributed by atoms with E-state index in [2.05, 4.69) is 0 Å². The van der Waals surface area contributed by atoms with Gasteiger partial charge in [0.25, 0.3) is 0 Å². The largest absolute Gasteiger partial charge is 0.398 e. The summed E-state index contributed by atoms with van der Waals surface area (Å²) < 4.78 is 36.5. The van der Waals surface area contributed by atoms with Crippen LogP contribution in [0.15, 0.2) is 0 Å². The van der Waals surface area contributed by atoms with Crippen molar-refractivity contribution in [1.82, 2.24) is 0 Å². The van der Waals surface area contributed by atoms with Gasteiger partial charge in [0.15, 0.2) is 0 Å². The molecule has 1 atom stereocenters. The second-order valence-corrected chi connectivity index (χ2v) is 3.16. The molecule has 1 nitrogen and oxygen atoms in total. The van der Waals surface area contributed by atoms with Gasteiger partial charge in [-0.05, 0) is 12.8 Å². The standard InChI is InChI=1S/C8H11F3O/c9-8(10,11)6-4-2-1-3-5-7(6)12/h6H,1-5H2/t6-/m1/s1. The van der Waals surface area contributed by atoms with Crippen LogP contribution in [0.5, 0.6) is 0 Å². The maximum atomic E-state index is 12.2. The summed E-state index contributed by atoms with van der Waals surface area (Å²) in [5.41, 5.74) is 0. The number of Topliss-reactive ketones (excluding diaryl/α,β-unsaturated/α-hetero) is 1. The SMILES string of the molecule is O=C1CCCCC[C@H]1C(F)(F)F. The van der Waals surface area contributed by atoms with E-state index in [1.54, 1.807) is 0 Å². The molecule has 0 saturated heterocycles. The average molecular weight is 180 g/mol. The van der Waals surface area contributed by atoms with E-state index < -0.39 is 17.9 Å². The quantitative estimate of drug-likeness (QED) is 0.524. The van der Waals surface area contributed by atoms with Crippen LogP contribution in [0, 0.1) is 5.92 Å². The molecule has 12 heavy (non-hydrogen) atoms. The minimum absolute atomic E-state index is 0.0116. The fourth-order valence-corrected chi connectivity index (χ4v) is 1.51. The highest BCUT2D eigenvalue weighted by Gasteiger charge is 2.44. The zero-order valence-corrected chi connectivity index (χ0v) is 6.66. The van der Waals surface area contributed by atoms with E-state index in [-0.39, 0.29) is 12.8 Å². The lowest BCUT2D eigenvalue weighted by Gasteiger charge is -2.16. The molecule has 1 aliphatic rings. The third-order valence-corrected chi connectivity index (χ3v) is 2.20. The van der Waals surface area contributed by atoms with Crippen molar-refractivity contribution in [1.29, 1.82) is 0 Å². The molecule has 0 spiro atoms. The predicted octanol–water partition coefficient (Wildman–Crippen LogP) is 2.70. The number of carbonyl (C=O) groups excluding carboxylic acids is 1. The van der Waals surface area contributed by atoms with Crippen LogP contribution in [0.25, 0.3) is 0 Å². The maximum Gasteiger partial charge on any atom is 0.398 e. The summed E-state index contributed by atoms with van der Waals surface area (Å²) in [4.78, 5) is 10.9. The molecular formula is C8H11F3O. The first-order valence-electron chi connectivity index (χ1n) is 4.11. The Morgan fingerprint density at radius 2 is 1.83 bits per heavy atom. The van der Waals surface area contributed by atoms with Crippen molar-refractivity contribution in [2.24, 2.45) is 5.92 Å². The molecule has 0 radical (unpaired) electrons. The number of alkyl halides is 3. The molecule has 0 unspecified atom stereocenters. The molecule has 1 saturated carbocycles. The van der Waals surface area contributed by atoms with Crippen LogP contribution >= 0.6 is 0 Å². The summed E-state index contributed by atoms with van der Waals surface area (Å²) in [6.07, 6.45) is -2.34. The topological polar surface area (TPSA) is 17.1 Å². The molecule has 0 amide bonds. The Morgan fingerprint density at radius 1 is 1.17 bits per heavy atom. The zero-order chi connectivity index (χ0) is 9.19. The molecule has 0 aromatic rings. The molecule has 0 aromatic heterocycles. The van der Waals surface area contributed by atoms with Gasteiger partial charge in [0.2, 0.25) is 0 Å². The lowest BCUT2D eigenvalue weighted by Crippen LogP contribution is -2.29. The highest BCUT2D eigenvalue weighted by molar-refractivity contribution is 5.81. The average Bonchev–Trinajstić information content (AvgIpc) is 2.11. The molecular weight excluding hydrogens is 169 g/mol. The Balaban J connectivity index is 2.66. The van der Waals surface area contributed by atoms with Gasteiger partial charge in [-0.25, -0.2) is 0 Å². The summed E-state index contributed by atoms with van der Waals surface area (Å²) in [7, 11) is 0. The fourth-order valence-electron chi connectivity index (χ4n) is 1.51. The third kappa shape index (κ3) is 2.22. The molecule has 4 heteroatoms. The van der Waals surface area contributed by atoms with E-state index in [1.807, 2.05) is 0 Å². The first kappa shape index (κ1) is 9.55. The first-order chi connectivity index (χ1) is 5.52. The van der Waals surface area contributed by atoms with Crippen LogP contribution in [-0.2, 0) is 4.79 Å². The van der Waals surface area contributed by atoms with Crippen molar-refractivity contribution in [2.45, 2.75) is 38.3 Å². The van der Waals surface area contributed by atoms with Gasteiger partial charge in [-0.3, -0.25) is 4.79 Å². The van der Waals surface area contributed by atoms with Crippen LogP contribution in [-0.4, -0.2) is 12.0 Å². The molecule has 0 aliphatic heterocycles. The zero-order valence-electron chi connectivity index (χ0n) is 6.66. The van der Waals surface area contributed by atoms with E-state index in [1.165, 1.54) is 0 Å². The maximum absolute atomic E-state index is 12.2. The molecule has 0 aromatic carbocycles. The lowest BCUT2D eigenvalue weighted by atomic mass is 9.99. The van der Waals surface area contributed by atoms with Crippen molar-refractivity contribution in [3.05, 3.63) is 0 Å². The smallest absolute Gasteiger partial charge is 0.299 e. The number of carbonyl (C=O) groups is 1. The fraction of sp³-hybridized carbons (Fsp3) is 0.875. The highest BCUT2D eigenvalue weighted by Crippen LogP contribution is 2.34. The van der Waals surface area contributed by atoms with Crippen LogP contribution in [0.2, 0.25) is 0 Å². The van der Waals surface area contributed by atoms with Crippen LogP contribution in [0.4, 0.5) is 13.2 Å². The van der Waals surface area contributed by atoms with Crippen molar-refractivity contribution in [3.8, 4) is 0 Å². The molecule has 0 N–H and O–H groups in total. The number of ketones is 1. The Morgan fingerprint density at radius 3 is 2.42 bits per heavy atom. The van der Waals surface area contributed by atoms with Gasteiger partial charge in [-0.1, -0.05) is 12.8 Å². The first-order valence-corrected chi connectivity index (χ1v) is 4.11. The van der Waals surface area contributed by atoms with Gasteiger partial charge >= 0.3 is 6.18 Å². The van der Waals surface area contributed by atoms with Crippen molar-refractivity contribution in [3.63, 3.8) is 0 Å². The van der Waals surface area contributed by atoms with E-state index in [0.29, 0.717) is 12.8 Å². The van der Waals surface area contributed by atoms with Gasteiger partial charge < -0.3 is 0 Å². The van der Waals surface area contributed by atoms with Crippen molar-refractivity contribution < 1.29 is 18.0 Å². The number of hydrogen-bond acceptors (Lipinski definition) is 1. The summed E-state index contributed by atoms with van der Waals surface area (Å²) >= 11 is 0. The Labute approximate surface area is 68.9 Å². The Hall–Kier alpha value is -0.540. The summed E-state index contributed by atoms with van der Waals surface area (Å²) in [6.45, 7) is 0. The molecule has 70 valence electrons. The second kappa shape index (κ2) is 3.46. The predicted molar refractivity (Wildman–Crippen MR) is 37.6 cm³/mol. The summed E-state index contributed by atoms with van der Waals surface area (Å²) in [6, 6.07) is 0. The van der Waals surface area contributed by atoms with Crippen molar-refractivity contribution in [2.75, 3.05) is 0 Å². The molecule has 0 bridgehead atoms. The molecule has 1 aliphatic carbocycles. The van der Waals surface area contributed by atoms with Crippen LogP contribution < -0.4 is 0 Å². The monoisotopic (exact) mass is 180 g/mol. The van der Waals surface area contributed by atoms with Crippen LogP contribution in [0.3, 0.4) is 0 Å². The third-order valence-electron chi connectivity index (χ3n) is 2.20. The van der Waals surface area contributed by atoms with Crippen molar-refractivity contribution >= 4 is 5.78 Å². The van der Waals surface area contributed by atoms with Gasteiger partial charge in [-0.15, -0.1) is 0 Å². The minimum atomic E-state index is -4.32. The second-order valence-electron chi connectivity index (χ2n) is 3.16. The van der Waals surface area contributed by atoms with E-state index >= 15 is 0 Å². The van der Waals surface area contributed by atoms with Crippen LogP contribution in [0.1, 0.15) is 32.1 Å². The van der Waals surface area contributed by atoms with Gasteiger partial charge in [-0.2, -0.15) is 13.2 Å².